The van der Waals surface area contributed by atoms with Gasteiger partial charge in [-0.3, -0.25) is 10.8 Å². The lowest BCUT2D eigenvalue weighted by molar-refractivity contribution is 0.635. The van der Waals surface area contributed by atoms with Crippen LogP contribution in [-0.2, 0) is 6.42 Å². The molecule has 0 fully saturated rings. The Balaban J connectivity index is 2.72. The van der Waals surface area contributed by atoms with Gasteiger partial charge in [-0.2, -0.15) is 0 Å². The van der Waals surface area contributed by atoms with Gasteiger partial charge < -0.3 is 5.43 Å². The Morgan fingerprint density at radius 1 is 1.58 bits per heavy atom. The van der Waals surface area contributed by atoms with E-state index in [1.54, 1.807) is 6.20 Å². The van der Waals surface area contributed by atoms with Gasteiger partial charge in [0, 0.05) is 11.9 Å². The molecule has 0 aliphatic rings. The van der Waals surface area contributed by atoms with Gasteiger partial charge in [0.2, 0.25) is 0 Å². The van der Waals surface area contributed by atoms with Crippen molar-refractivity contribution in [3.8, 4) is 0 Å². The molecular weight excluding hydrogens is 150 g/mol. The van der Waals surface area contributed by atoms with Crippen molar-refractivity contribution in [2.24, 2.45) is 11.8 Å². The number of anilines is 1. The fraction of sp³-hybridized carbons (Fsp3) is 0.444. The van der Waals surface area contributed by atoms with E-state index in [0.29, 0.717) is 5.92 Å². The van der Waals surface area contributed by atoms with Gasteiger partial charge in [0.15, 0.2) is 0 Å². The summed E-state index contributed by atoms with van der Waals surface area (Å²) in [6, 6.07) is 3.82. The largest absolute Gasteiger partial charge is 0.324 e. The highest BCUT2D eigenvalue weighted by molar-refractivity contribution is 5.41. The molecule has 0 amide bonds. The van der Waals surface area contributed by atoms with Gasteiger partial charge >= 0.3 is 0 Å². The topological polar surface area (TPSA) is 50.9 Å². The molecule has 0 bridgehead atoms. The molecule has 3 nitrogen and oxygen atoms in total. The molecule has 0 aliphatic heterocycles. The van der Waals surface area contributed by atoms with Crippen molar-refractivity contribution in [3.05, 3.63) is 24.0 Å². The number of hydrazine groups is 1. The van der Waals surface area contributed by atoms with Crippen molar-refractivity contribution in [2.75, 3.05) is 5.43 Å². The van der Waals surface area contributed by atoms with Crippen LogP contribution in [0.4, 0.5) is 5.69 Å². The van der Waals surface area contributed by atoms with E-state index in [1.165, 1.54) is 0 Å². The molecule has 1 aromatic rings. The summed E-state index contributed by atoms with van der Waals surface area (Å²) >= 11 is 0. The first-order valence-electron chi connectivity index (χ1n) is 4.14. The zero-order chi connectivity index (χ0) is 8.97. The van der Waals surface area contributed by atoms with Crippen molar-refractivity contribution in [2.45, 2.75) is 20.3 Å². The Labute approximate surface area is 73.0 Å². The lowest BCUT2D eigenvalue weighted by Gasteiger charge is -2.05. The maximum Gasteiger partial charge on any atom is 0.0518 e. The van der Waals surface area contributed by atoms with Crippen LogP contribution in [0.15, 0.2) is 18.3 Å². The highest BCUT2D eigenvalue weighted by Crippen LogP contribution is 2.09. The summed E-state index contributed by atoms with van der Waals surface area (Å²) in [7, 11) is 0. The Hall–Kier alpha value is -1.09. The summed E-state index contributed by atoms with van der Waals surface area (Å²) in [4.78, 5) is 4.23. The third-order valence-electron chi connectivity index (χ3n) is 1.60. The molecule has 0 aliphatic carbocycles. The van der Waals surface area contributed by atoms with E-state index in [-0.39, 0.29) is 0 Å². The van der Waals surface area contributed by atoms with Gasteiger partial charge in [-0.1, -0.05) is 13.8 Å². The quantitative estimate of drug-likeness (QED) is 0.528. The predicted octanol–water partition coefficient (Wildman–Crippen LogP) is 1.57. The lowest BCUT2D eigenvalue weighted by atomic mass is 10.1. The highest BCUT2D eigenvalue weighted by atomic mass is 15.2. The molecular formula is C9H15N3. The summed E-state index contributed by atoms with van der Waals surface area (Å²) < 4.78 is 0. The van der Waals surface area contributed by atoms with Gasteiger partial charge in [0.25, 0.3) is 0 Å². The minimum Gasteiger partial charge on any atom is -0.324 e. The maximum atomic E-state index is 5.27. The zero-order valence-corrected chi connectivity index (χ0v) is 7.54. The molecule has 3 heteroatoms. The smallest absolute Gasteiger partial charge is 0.0518 e. The highest BCUT2D eigenvalue weighted by Gasteiger charge is 1.99. The number of hydrogen-bond donors (Lipinski definition) is 2. The average Bonchev–Trinajstić information content (AvgIpc) is 2.03. The second-order valence-electron chi connectivity index (χ2n) is 3.28. The second-order valence-corrected chi connectivity index (χ2v) is 3.28. The number of nitrogens with zero attached hydrogens (tertiary/aromatic N) is 1. The fourth-order valence-electron chi connectivity index (χ4n) is 1.10. The van der Waals surface area contributed by atoms with Gasteiger partial charge in [-0.25, -0.2) is 0 Å². The van der Waals surface area contributed by atoms with Crippen LogP contribution < -0.4 is 11.3 Å². The van der Waals surface area contributed by atoms with Crippen molar-refractivity contribution in [1.82, 2.24) is 4.98 Å². The number of nitrogens with two attached hydrogens (primary N) is 1. The molecule has 1 heterocycles. The SMILES string of the molecule is CC(C)Cc1cc(NN)ccn1. The minimum atomic E-state index is 0.630. The van der Waals surface area contributed by atoms with Crippen LogP contribution >= 0.6 is 0 Å². The average molecular weight is 165 g/mol. The standard InChI is InChI=1S/C9H15N3/c1-7(2)5-9-6-8(12-10)3-4-11-9/h3-4,6-7H,5,10H2,1-2H3,(H,11,12). The molecule has 0 radical (unpaired) electrons. The number of nitrogen functional groups attached to an aromatic ring is 1. The van der Waals surface area contributed by atoms with E-state index in [0.717, 1.165) is 17.8 Å². The number of aromatic nitrogens is 1. The third-order valence-corrected chi connectivity index (χ3v) is 1.60. The first kappa shape index (κ1) is 9.00. The summed E-state index contributed by atoms with van der Waals surface area (Å²) in [5.74, 6) is 5.90. The molecule has 1 rings (SSSR count). The van der Waals surface area contributed by atoms with Crippen LogP contribution in [0.5, 0.6) is 0 Å². The van der Waals surface area contributed by atoms with E-state index in [4.69, 9.17) is 5.84 Å². The monoisotopic (exact) mass is 165 g/mol. The van der Waals surface area contributed by atoms with Crippen molar-refractivity contribution < 1.29 is 0 Å². The van der Waals surface area contributed by atoms with Gasteiger partial charge in [0.05, 0.1) is 5.69 Å². The van der Waals surface area contributed by atoms with Crippen LogP contribution in [0.3, 0.4) is 0 Å². The van der Waals surface area contributed by atoms with Crippen molar-refractivity contribution in [3.63, 3.8) is 0 Å². The number of hydrogen-bond acceptors (Lipinski definition) is 3. The minimum absolute atomic E-state index is 0.630. The molecule has 1 aromatic heterocycles. The molecule has 0 saturated carbocycles. The van der Waals surface area contributed by atoms with Crippen molar-refractivity contribution >= 4 is 5.69 Å². The van der Waals surface area contributed by atoms with E-state index < -0.39 is 0 Å². The maximum absolute atomic E-state index is 5.27. The normalized spacial score (nSPS) is 10.3. The van der Waals surface area contributed by atoms with Crippen LogP contribution in [-0.4, -0.2) is 4.98 Å². The summed E-state index contributed by atoms with van der Waals surface area (Å²) in [6.07, 6.45) is 2.77. The first-order valence-corrected chi connectivity index (χ1v) is 4.14. The summed E-state index contributed by atoms with van der Waals surface area (Å²) in [6.45, 7) is 4.34. The lowest BCUT2D eigenvalue weighted by Crippen LogP contribution is -2.07. The van der Waals surface area contributed by atoms with Gasteiger partial charge in [-0.05, 0) is 24.5 Å². The van der Waals surface area contributed by atoms with Crippen LogP contribution in [0, 0.1) is 5.92 Å². The molecule has 0 atom stereocenters. The number of pyridine rings is 1. The molecule has 66 valence electrons. The third kappa shape index (κ3) is 2.51. The predicted molar refractivity (Wildman–Crippen MR) is 50.6 cm³/mol. The molecule has 0 saturated heterocycles. The zero-order valence-electron chi connectivity index (χ0n) is 7.54. The number of rotatable bonds is 3. The first-order chi connectivity index (χ1) is 5.72. The summed E-state index contributed by atoms with van der Waals surface area (Å²) in [5.41, 5.74) is 4.60. The Bertz CT molecular complexity index is 245. The van der Waals surface area contributed by atoms with Crippen molar-refractivity contribution in [1.29, 1.82) is 0 Å². The summed E-state index contributed by atoms with van der Waals surface area (Å²) in [5, 5.41) is 0. The van der Waals surface area contributed by atoms with E-state index in [9.17, 15) is 0 Å². The molecule has 0 aromatic carbocycles. The Morgan fingerprint density at radius 2 is 2.33 bits per heavy atom. The van der Waals surface area contributed by atoms with E-state index in [1.807, 2.05) is 12.1 Å². The molecule has 12 heavy (non-hydrogen) atoms. The van der Waals surface area contributed by atoms with Gasteiger partial charge in [-0.15, -0.1) is 0 Å². The van der Waals surface area contributed by atoms with Crippen LogP contribution in [0.1, 0.15) is 19.5 Å². The van der Waals surface area contributed by atoms with E-state index >= 15 is 0 Å². The fourth-order valence-corrected chi connectivity index (χ4v) is 1.10. The van der Waals surface area contributed by atoms with E-state index in [2.05, 4.69) is 24.3 Å². The van der Waals surface area contributed by atoms with Gasteiger partial charge in [0.1, 0.15) is 0 Å². The van der Waals surface area contributed by atoms with Crippen LogP contribution in [0.25, 0.3) is 0 Å². The molecule has 3 N–H and O–H groups in total. The number of nitrogens with one attached hydrogen (secondary N) is 1. The second kappa shape index (κ2) is 4.07. The Kier molecular flexibility index (Phi) is 3.05. The Morgan fingerprint density at radius 3 is 2.92 bits per heavy atom. The molecule has 0 spiro atoms. The molecule has 0 unspecified atom stereocenters. The van der Waals surface area contributed by atoms with Crippen LogP contribution in [0.2, 0.25) is 0 Å².